The Kier molecular flexibility index (Phi) is 3.27. The average molecular weight is 224 g/mol. The Bertz CT molecular complexity index is 531. The number of phenols is 1. The quantitative estimate of drug-likeness (QED) is 0.842. The third kappa shape index (κ3) is 2.76. The maximum Gasteiger partial charge on any atom is 0.140 e. The van der Waals surface area contributed by atoms with Crippen LogP contribution < -0.4 is 5.32 Å². The molecule has 0 aliphatic carbocycles. The second-order valence-electron chi connectivity index (χ2n) is 3.67. The number of phenolic OH excluding ortho intramolecular Hbond substituents is 1. The maximum atomic E-state index is 9.39. The number of para-hydroxylation sites is 1. The van der Waals surface area contributed by atoms with Gasteiger partial charge in [0.1, 0.15) is 11.8 Å². The van der Waals surface area contributed by atoms with E-state index < -0.39 is 6.04 Å². The number of nitrogens with one attached hydrogen (secondary N) is 1. The SMILES string of the molecule is N#CC(Nc1ccccc1)c1cccc(O)c1. The van der Waals surface area contributed by atoms with Crippen molar-refractivity contribution in [1.29, 1.82) is 5.26 Å². The van der Waals surface area contributed by atoms with Gasteiger partial charge in [-0.1, -0.05) is 30.3 Å². The van der Waals surface area contributed by atoms with Crippen molar-refractivity contribution in [2.24, 2.45) is 0 Å². The highest BCUT2D eigenvalue weighted by atomic mass is 16.3. The molecule has 2 N–H and O–H groups in total. The summed E-state index contributed by atoms with van der Waals surface area (Å²) in [5.74, 6) is 0.164. The van der Waals surface area contributed by atoms with Crippen molar-refractivity contribution in [3.05, 3.63) is 60.2 Å². The molecule has 0 fully saturated rings. The lowest BCUT2D eigenvalue weighted by atomic mass is 10.1. The Morgan fingerprint density at radius 1 is 1.06 bits per heavy atom. The summed E-state index contributed by atoms with van der Waals surface area (Å²) in [7, 11) is 0. The Hall–Kier alpha value is -2.47. The predicted molar refractivity (Wildman–Crippen MR) is 66.5 cm³/mol. The summed E-state index contributed by atoms with van der Waals surface area (Å²) in [6.07, 6.45) is 0. The number of benzene rings is 2. The van der Waals surface area contributed by atoms with E-state index in [2.05, 4.69) is 11.4 Å². The number of anilines is 1. The van der Waals surface area contributed by atoms with Gasteiger partial charge in [-0.3, -0.25) is 0 Å². The van der Waals surface area contributed by atoms with E-state index in [1.165, 1.54) is 0 Å². The van der Waals surface area contributed by atoms with Gasteiger partial charge in [0.25, 0.3) is 0 Å². The Labute approximate surface area is 100.0 Å². The van der Waals surface area contributed by atoms with Gasteiger partial charge in [-0.25, -0.2) is 0 Å². The van der Waals surface area contributed by atoms with E-state index in [1.807, 2.05) is 36.4 Å². The molecule has 17 heavy (non-hydrogen) atoms. The molecule has 0 saturated heterocycles. The van der Waals surface area contributed by atoms with Crippen LogP contribution in [0.1, 0.15) is 11.6 Å². The van der Waals surface area contributed by atoms with Crippen LogP contribution in [0, 0.1) is 11.3 Å². The molecule has 0 heterocycles. The van der Waals surface area contributed by atoms with Gasteiger partial charge < -0.3 is 10.4 Å². The van der Waals surface area contributed by atoms with E-state index in [0.717, 1.165) is 11.3 Å². The zero-order chi connectivity index (χ0) is 12.1. The van der Waals surface area contributed by atoms with Crippen LogP contribution in [0.25, 0.3) is 0 Å². The van der Waals surface area contributed by atoms with E-state index in [1.54, 1.807) is 18.2 Å². The van der Waals surface area contributed by atoms with Crippen molar-refractivity contribution in [3.8, 4) is 11.8 Å². The van der Waals surface area contributed by atoms with Gasteiger partial charge >= 0.3 is 0 Å². The molecule has 3 heteroatoms. The molecule has 0 spiro atoms. The molecule has 84 valence electrons. The minimum Gasteiger partial charge on any atom is -0.508 e. The van der Waals surface area contributed by atoms with Crippen LogP contribution in [0.3, 0.4) is 0 Å². The summed E-state index contributed by atoms with van der Waals surface area (Å²) >= 11 is 0. The van der Waals surface area contributed by atoms with Crippen molar-refractivity contribution in [2.75, 3.05) is 5.32 Å². The van der Waals surface area contributed by atoms with Crippen molar-refractivity contribution >= 4 is 5.69 Å². The number of aromatic hydroxyl groups is 1. The van der Waals surface area contributed by atoms with E-state index in [9.17, 15) is 5.11 Å². The highest BCUT2D eigenvalue weighted by Crippen LogP contribution is 2.21. The van der Waals surface area contributed by atoms with Crippen molar-refractivity contribution < 1.29 is 5.11 Å². The molecular weight excluding hydrogens is 212 g/mol. The minimum absolute atomic E-state index is 0.164. The summed E-state index contributed by atoms with van der Waals surface area (Å²) in [6, 6.07) is 17.9. The topological polar surface area (TPSA) is 56.0 Å². The van der Waals surface area contributed by atoms with E-state index in [0.29, 0.717) is 0 Å². The largest absolute Gasteiger partial charge is 0.508 e. The first-order valence-corrected chi connectivity index (χ1v) is 5.30. The second kappa shape index (κ2) is 5.04. The number of hydrogen-bond acceptors (Lipinski definition) is 3. The van der Waals surface area contributed by atoms with Crippen molar-refractivity contribution in [1.82, 2.24) is 0 Å². The standard InChI is InChI=1S/C14H12N2O/c15-10-14(11-5-4-8-13(17)9-11)16-12-6-2-1-3-7-12/h1-9,14,16-17H. The normalized spacial score (nSPS) is 11.5. The fourth-order valence-corrected chi connectivity index (χ4v) is 1.60. The minimum atomic E-state index is -0.468. The molecule has 0 aliphatic rings. The first kappa shape index (κ1) is 11.0. The molecule has 0 bridgehead atoms. The monoisotopic (exact) mass is 224 g/mol. The van der Waals surface area contributed by atoms with Crippen molar-refractivity contribution in [3.63, 3.8) is 0 Å². The molecule has 1 atom stereocenters. The maximum absolute atomic E-state index is 9.39. The molecule has 0 aromatic heterocycles. The third-order valence-electron chi connectivity index (χ3n) is 2.42. The van der Waals surface area contributed by atoms with Crippen molar-refractivity contribution in [2.45, 2.75) is 6.04 Å². The summed E-state index contributed by atoms with van der Waals surface area (Å²) < 4.78 is 0. The lowest BCUT2D eigenvalue weighted by molar-refractivity contribution is 0.474. The summed E-state index contributed by atoms with van der Waals surface area (Å²) in [5.41, 5.74) is 1.62. The van der Waals surface area contributed by atoms with Crippen LogP contribution in [-0.2, 0) is 0 Å². The zero-order valence-corrected chi connectivity index (χ0v) is 9.17. The smallest absolute Gasteiger partial charge is 0.140 e. The number of hydrogen-bond donors (Lipinski definition) is 2. The molecule has 0 aliphatic heterocycles. The molecular formula is C14H12N2O. The molecule has 2 aromatic carbocycles. The molecule has 2 rings (SSSR count). The molecule has 0 radical (unpaired) electrons. The average Bonchev–Trinajstić information content (AvgIpc) is 2.37. The molecule has 1 unspecified atom stereocenters. The number of nitrogens with zero attached hydrogens (tertiary/aromatic N) is 1. The van der Waals surface area contributed by atoms with Gasteiger partial charge in [0.15, 0.2) is 0 Å². The molecule has 2 aromatic rings. The third-order valence-corrected chi connectivity index (χ3v) is 2.42. The van der Waals surface area contributed by atoms with Crippen LogP contribution in [-0.4, -0.2) is 5.11 Å². The Morgan fingerprint density at radius 3 is 2.47 bits per heavy atom. The summed E-state index contributed by atoms with van der Waals surface area (Å²) in [5, 5.41) is 21.6. The van der Waals surface area contributed by atoms with E-state index >= 15 is 0 Å². The van der Waals surface area contributed by atoms with E-state index in [4.69, 9.17) is 5.26 Å². The van der Waals surface area contributed by atoms with Gasteiger partial charge in [0.2, 0.25) is 0 Å². The fourth-order valence-electron chi connectivity index (χ4n) is 1.60. The first-order valence-electron chi connectivity index (χ1n) is 5.30. The van der Waals surface area contributed by atoms with Gasteiger partial charge in [0, 0.05) is 5.69 Å². The molecule has 0 amide bonds. The van der Waals surface area contributed by atoms with Crippen LogP contribution in [0.5, 0.6) is 5.75 Å². The second-order valence-corrected chi connectivity index (χ2v) is 3.67. The highest BCUT2D eigenvalue weighted by Gasteiger charge is 2.10. The first-order chi connectivity index (χ1) is 8.29. The number of nitriles is 1. The lowest BCUT2D eigenvalue weighted by Crippen LogP contribution is -2.08. The fraction of sp³-hybridized carbons (Fsp3) is 0.0714. The van der Waals surface area contributed by atoms with Crippen LogP contribution in [0.4, 0.5) is 5.69 Å². The summed E-state index contributed by atoms with van der Waals surface area (Å²) in [6.45, 7) is 0. The van der Waals surface area contributed by atoms with Crippen LogP contribution >= 0.6 is 0 Å². The summed E-state index contributed by atoms with van der Waals surface area (Å²) in [4.78, 5) is 0. The van der Waals surface area contributed by atoms with Crippen LogP contribution in [0.15, 0.2) is 54.6 Å². The van der Waals surface area contributed by atoms with E-state index in [-0.39, 0.29) is 5.75 Å². The van der Waals surface area contributed by atoms with Gasteiger partial charge in [-0.15, -0.1) is 0 Å². The van der Waals surface area contributed by atoms with Crippen LogP contribution in [0.2, 0.25) is 0 Å². The molecule has 3 nitrogen and oxygen atoms in total. The Balaban J connectivity index is 2.21. The predicted octanol–water partition coefficient (Wildman–Crippen LogP) is 3.07. The highest BCUT2D eigenvalue weighted by molar-refractivity contribution is 5.47. The lowest BCUT2D eigenvalue weighted by Gasteiger charge is -2.13. The molecule has 0 saturated carbocycles. The van der Waals surface area contributed by atoms with Gasteiger partial charge in [-0.2, -0.15) is 5.26 Å². The Morgan fingerprint density at radius 2 is 1.82 bits per heavy atom. The zero-order valence-electron chi connectivity index (χ0n) is 9.17. The van der Waals surface area contributed by atoms with Gasteiger partial charge in [0.05, 0.1) is 6.07 Å². The van der Waals surface area contributed by atoms with Gasteiger partial charge in [-0.05, 0) is 29.8 Å². The number of rotatable bonds is 3.